The summed E-state index contributed by atoms with van der Waals surface area (Å²) in [4.78, 5) is 15.1. The number of ether oxygens (including phenoxy) is 1. The largest absolute Gasteiger partial charge is 0.445 e. The van der Waals surface area contributed by atoms with Gasteiger partial charge in [-0.1, -0.05) is 38.1 Å². The van der Waals surface area contributed by atoms with Crippen LogP contribution in [0.25, 0.3) is 11.1 Å². The molecule has 0 radical (unpaired) electrons. The van der Waals surface area contributed by atoms with Gasteiger partial charge in [-0.25, -0.2) is 4.79 Å². The predicted octanol–water partition coefficient (Wildman–Crippen LogP) is 6.84. The summed E-state index contributed by atoms with van der Waals surface area (Å²) < 4.78 is 86.2. The molecule has 2 aromatic carbocycles. The zero-order valence-corrected chi connectivity index (χ0v) is 20.5. The van der Waals surface area contributed by atoms with Crippen molar-refractivity contribution in [2.75, 3.05) is 19.6 Å². The molecule has 3 heterocycles. The summed E-state index contributed by atoms with van der Waals surface area (Å²) in [7, 11) is 0. The van der Waals surface area contributed by atoms with Crippen LogP contribution in [-0.4, -0.2) is 36.7 Å². The predicted molar refractivity (Wildman–Crippen MR) is 125 cm³/mol. The number of hydrogen-bond acceptors (Lipinski definition) is 3. The van der Waals surface area contributed by atoms with Crippen molar-refractivity contribution in [3.05, 3.63) is 58.7 Å². The quantitative estimate of drug-likeness (QED) is 0.446. The number of carbonyl (C=O) groups excluding carboxylic acids is 1. The first-order valence-corrected chi connectivity index (χ1v) is 12.3. The maximum atomic E-state index is 13.7. The molecule has 3 saturated heterocycles. The molecule has 1 N–H and O–H groups in total. The fourth-order valence-electron chi connectivity index (χ4n) is 6.04. The first kappa shape index (κ1) is 25.9. The Hall–Kier alpha value is -2.75. The van der Waals surface area contributed by atoms with Crippen molar-refractivity contribution >= 4 is 6.09 Å². The van der Waals surface area contributed by atoms with Crippen molar-refractivity contribution in [1.82, 2.24) is 10.2 Å². The van der Waals surface area contributed by atoms with E-state index in [1.54, 1.807) is 12.1 Å². The topological polar surface area (TPSA) is 41.6 Å². The van der Waals surface area contributed by atoms with E-state index in [0.717, 1.165) is 49.7 Å². The molecule has 1 aliphatic carbocycles. The van der Waals surface area contributed by atoms with Gasteiger partial charge in [0, 0.05) is 6.54 Å². The third-order valence-electron chi connectivity index (χ3n) is 7.96. The Morgan fingerprint density at radius 3 is 2.30 bits per heavy atom. The second-order valence-corrected chi connectivity index (χ2v) is 11.0. The summed E-state index contributed by atoms with van der Waals surface area (Å²) in [5, 5.41) is 2.97. The minimum absolute atomic E-state index is 0.154. The normalized spacial score (nSPS) is 26.6. The van der Waals surface area contributed by atoms with E-state index in [1.165, 1.54) is 6.07 Å². The maximum absolute atomic E-state index is 13.7. The molecule has 1 amide bonds. The van der Waals surface area contributed by atoms with Crippen LogP contribution < -0.4 is 5.32 Å². The molecular formula is C27H28F6N2O2. The molecule has 3 fully saturated rings. The number of fused-ring (bicyclic) bond motifs is 4. The Balaban J connectivity index is 1.40. The van der Waals surface area contributed by atoms with Crippen LogP contribution in [0.1, 0.15) is 55.0 Å². The number of alkyl halides is 6. The Kier molecular flexibility index (Phi) is 6.24. The standard InChI is InChI=1S/C27H28F6N2O2/c1-25(2)13-17-11-16(19-6-4-18(26(28,29)30)12-21(19)27(31,32)33)3-5-20(17)23(25)34-24(36)37-22-14-35-9-7-15(22)8-10-35/h3-6,11-12,15,22-23H,7-10,13-14H2,1-2H3,(H,34,36)/t22-,23?/m1/s1. The highest BCUT2D eigenvalue weighted by atomic mass is 19.4. The molecule has 1 unspecified atom stereocenters. The third-order valence-corrected chi connectivity index (χ3v) is 7.96. The highest BCUT2D eigenvalue weighted by Crippen LogP contribution is 2.48. The van der Waals surface area contributed by atoms with Crippen LogP contribution in [-0.2, 0) is 23.5 Å². The van der Waals surface area contributed by atoms with Crippen molar-refractivity contribution in [3.63, 3.8) is 0 Å². The van der Waals surface area contributed by atoms with E-state index in [9.17, 15) is 31.1 Å². The van der Waals surface area contributed by atoms with Gasteiger partial charge >= 0.3 is 18.4 Å². The Labute approximate surface area is 211 Å². The van der Waals surface area contributed by atoms with Crippen LogP contribution >= 0.6 is 0 Å². The molecule has 10 heteroatoms. The van der Waals surface area contributed by atoms with Crippen LogP contribution in [0, 0.1) is 11.3 Å². The summed E-state index contributed by atoms with van der Waals surface area (Å²) in [6.07, 6.45) is -8.04. The second-order valence-electron chi connectivity index (χ2n) is 11.0. The Morgan fingerprint density at radius 1 is 1.00 bits per heavy atom. The van der Waals surface area contributed by atoms with Gasteiger partial charge in [0.2, 0.25) is 0 Å². The molecule has 2 atom stereocenters. The minimum Gasteiger partial charge on any atom is -0.445 e. The van der Waals surface area contributed by atoms with Crippen molar-refractivity contribution in [2.24, 2.45) is 11.3 Å². The highest BCUT2D eigenvalue weighted by molar-refractivity contribution is 5.72. The summed E-state index contributed by atoms with van der Waals surface area (Å²) in [5.41, 5.74) is -1.77. The van der Waals surface area contributed by atoms with Crippen LogP contribution in [0.3, 0.4) is 0 Å². The molecule has 0 spiro atoms. The minimum atomic E-state index is -4.96. The van der Waals surface area contributed by atoms with Gasteiger partial charge in [0.25, 0.3) is 0 Å². The van der Waals surface area contributed by atoms with Crippen molar-refractivity contribution < 1.29 is 35.9 Å². The number of piperidine rings is 3. The lowest BCUT2D eigenvalue weighted by Crippen LogP contribution is -2.53. The van der Waals surface area contributed by atoms with E-state index in [-0.39, 0.29) is 23.3 Å². The molecule has 4 nitrogen and oxygen atoms in total. The molecule has 0 aromatic heterocycles. The molecule has 0 saturated carbocycles. The molecule has 200 valence electrons. The van der Waals surface area contributed by atoms with Gasteiger partial charge in [0.15, 0.2) is 0 Å². The maximum Gasteiger partial charge on any atom is 0.417 e. The Morgan fingerprint density at radius 2 is 1.70 bits per heavy atom. The van der Waals surface area contributed by atoms with Gasteiger partial charge in [0.1, 0.15) is 6.10 Å². The average molecular weight is 527 g/mol. The number of nitrogens with one attached hydrogen (secondary N) is 1. The van der Waals surface area contributed by atoms with E-state index in [1.807, 2.05) is 13.8 Å². The van der Waals surface area contributed by atoms with E-state index < -0.39 is 41.0 Å². The zero-order valence-electron chi connectivity index (χ0n) is 20.5. The monoisotopic (exact) mass is 526 g/mol. The second kappa shape index (κ2) is 8.92. The van der Waals surface area contributed by atoms with Gasteiger partial charge in [-0.05, 0) is 78.1 Å². The number of nitrogens with zero attached hydrogens (tertiary/aromatic N) is 1. The van der Waals surface area contributed by atoms with E-state index in [2.05, 4.69) is 10.2 Å². The van der Waals surface area contributed by atoms with Gasteiger partial charge < -0.3 is 10.1 Å². The highest BCUT2D eigenvalue weighted by Gasteiger charge is 2.43. The Bertz CT molecular complexity index is 1200. The SMILES string of the molecule is CC1(C)Cc2cc(-c3ccc(C(F)(F)F)cc3C(F)(F)F)ccc2C1NC(=O)O[C@@H]1CN2CCC1CC2. The summed E-state index contributed by atoms with van der Waals surface area (Å²) in [5.74, 6) is 0.355. The molecule has 2 bridgehead atoms. The molecule has 37 heavy (non-hydrogen) atoms. The van der Waals surface area contributed by atoms with E-state index >= 15 is 0 Å². The third kappa shape index (κ3) is 5.04. The first-order chi connectivity index (χ1) is 17.2. The van der Waals surface area contributed by atoms with Gasteiger partial charge in [0.05, 0.1) is 17.2 Å². The van der Waals surface area contributed by atoms with Crippen molar-refractivity contribution in [1.29, 1.82) is 0 Å². The summed E-state index contributed by atoms with van der Waals surface area (Å²) in [6.45, 7) is 6.66. The molecule has 6 rings (SSSR count). The molecule has 3 aliphatic heterocycles. The van der Waals surface area contributed by atoms with Crippen LogP contribution in [0.2, 0.25) is 0 Å². The smallest absolute Gasteiger partial charge is 0.417 e. The van der Waals surface area contributed by atoms with Crippen LogP contribution in [0.15, 0.2) is 36.4 Å². The first-order valence-electron chi connectivity index (χ1n) is 12.3. The van der Waals surface area contributed by atoms with Crippen LogP contribution in [0.4, 0.5) is 31.1 Å². The lowest BCUT2D eigenvalue weighted by atomic mass is 9.85. The number of amides is 1. The van der Waals surface area contributed by atoms with Crippen molar-refractivity contribution in [2.45, 2.75) is 57.6 Å². The number of hydrogen-bond donors (Lipinski definition) is 1. The summed E-state index contributed by atoms with van der Waals surface area (Å²) >= 11 is 0. The van der Waals surface area contributed by atoms with Gasteiger partial charge in [-0.3, -0.25) is 4.90 Å². The number of alkyl carbamates (subject to hydrolysis) is 1. The van der Waals surface area contributed by atoms with E-state index in [0.29, 0.717) is 18.4 Å². The average Bonchev–Trinajstić information content (AvgIpc) is 3.06. The number of halogens is 6. The molecule has 4 aliphatic rings. The van der Waals surface area contributed by atoms with Gasteiger partial charge in [-0.15, -0.1) is 0 Å². The lowest BCUT2D eigenvalue weighted by Gasteiger charge is -2.44. The number of rotatable bonds is 3. The van der Waals surface area contributed by atoms with E-state index in [4.69, 9.17) is 4.74 Å². The zero-order chi connectivity index (χ0) is 26.8. The fraction of sp³-hybridized carbons (Fsp3) is 0.519. The summed E-state index contributed by atoms with van der Waals surface area (Å²) in [6, 6.07) is 5.96. The van der Waals surface area contributed by atoms with Gasteiger partial charge in [-0.2, -0.15) is 26.3 Å². The lowest BCUT2D eigenvalue weighted by molar-refractivity contribution is -0.142. The number of benzene rings is 2. The van der Waals surface area contributed by atoms with Crippen molar-refractivity contribution in [3.8, 4) is 11.1 Å². The molecular weight excluding hydrogens is 498 g/mol. The molecule has 2 aromatic rings. The fourth-order valence-corrected chi connectivity index (χ4v) is 6.04. The number of carbonyl (C=O) groups is 1. The van der Waals surface area contributed by atoms with Crippen LogP contribution in [0.5, 0.6) is 0 Å².